The Morgan fingerprint density at radius 3 is 2.65 bits per heavy atom. The molecule has 0 unspecified atom stereocenters. The smallest absolute Gasteiger partial charge is 0.265 e. The van der Waals surface area contributed by atoms with Gasteiger partial charge in [-0.05, 0) is 24.3 Å². The molecule has 5 nitrogen and oxygen atoms in total. The van der Waals surface area contributed by atoms with E-state index >= 15 is 0 Å². The number of nitrogens with one attached hydrogen (secondary N) is 1. The molecule has 0 amide bonds. The summed E-state index contributed by atoms with van der Waals surface area (Å²) in [6.45, 7) is -0.484. The van der Waals surface area contributed by atoms with E-state index in [9.17, 15) is 9.90 Å². The van der Waals surface area contributed by atoms with Crippen molar-refractivity contribution < 1.29 is 5.11 Å². The van der Waals surface area contributed by atoms with E-state index in [1.165, 1.54) is 16.7 Å². The minimum absolute atomic E-state index is 0.0980. The van der Waals surface area contributed by atoms with Crippen LogP contribution < -0.4 is 10.9 Å². The minimum Gasteiger partial charge on any atom is -0.391 e. The molecule has 0 spiro atoms. The van der Waals surface area contributed by atoms with Crippen molar-refractivity contribution in [1.82, 2.24) is 9.38 Å². The van der Waals surface area contributed by atoms with Gasteiger partial charge in [-0.15, -0.1) is 0 Å². The molecular formula is C15H10Cl3N3O2. The molecule has 1 aromatic carbocycles. The summed E-state index contributed by atoms with van der Waals surface area (Å²) in [7, 11) is 0. The monoisotopic (exact) mass is 369 g/mol. The van der Waals surface area contributed by atoms with Gasteiger partial charge in [-0.3, -0.25) is 9.20 Å². The van der Waals surface area contributed by atoms with Crippen molar-refractivity contribution in [3.63, 3.8) is 0 Å². The van der Waals surface area contributed by atoms with E-state index in [1.54, 1.807) is 24.3 Å². The molecule has 118 valence electrons. The zero-order valence-electron chi connectivity index (χ0n) is 11.6. The summed E-state index contributed by atoms with van der Waals surface area (Å²) in [4.78, 5) is 16.9. The molecule has 0 aliphatic heterocycles. The van der Waals surface area contributed by atoms with Crippen molar-refractivity contribution in [1.29, 1.82) is 0 Å². The summed E-state index contributed by atoms with van der Waals surface area (Å²) in [5, 5.41) is 13.6. The SMILES string of the molecule is O=c1c(CO)c(Nc2cccc(Cl)c2)nc2c(Cl)cc(Cl)cn12. The molecule has 3 rings (SSSR count). The summed E-state index contributed by atoms with van der Waals surface area (Å²) >= 11 is 18.0. The Kier molecular flexibility index (Phi) is 4.46. The standard InChI is InChI=1S/C15H10Cl3N3O2/c16-8-2-1-3-10(4-8)19-13-11(7-22)15(23)21-6-9(17)5-12(18)14(21)20-13/h1-6,19,22H,7H2. The first-order valence-electron chi connectivity index (χ1n) is 6.53. The molecule has 0 saturated carbocycles. The normalized spacial score (nSPS) is 11.0. The minimum atomic E-state index is -0.484. The molecule has 0 fully saturated rings. The maximum Gasteiger partial charge on any atom is 0.265 e. The van der Waals surface area contributed by atoms with E-state index in [0.29, 0.717) is 15.7 Å². The average Bonchev–Trinajstić information content (AvgIpc) is 2.49. The molecule has 8 heteroatoms. The average molecular weight is 371 g/mol. The zero-order chi connectivity index (χ0) is 16.6. The summed E-state index contributed by atoms with van der Waals surface area (Å²) in [5.74, 6) is 0.212. The van der Waals surface area contributed by atoms with E-state index in [4.69, 9.17) is 34.8 Å². The van der Waals surface area contributed by atoms with Crippen LogP contribution in [0, 0.1) is 0 Å². The van der Waals surface area contributed by atoms with Crippen LogP contribution in [0.3, 0.4) is 0 Å². The Morgan fingerprint density at radius 2 is 1.96 bits per heavy atom. The van der Waals surface area contributed by atoms with Crippen molar-refractivity contribution >= 4 is 52.0 Å². The van der Waals surface area contributed by atoms with E-state index in [-0.39, 0.29) is 22.1 Å². The maximum atomic E-state index is 12.5. The van der Waals surface area contributed by atoms with Gasteiger partial charge in [0, 0.05) is 16.9 Å². The third-order valence-corrected chi connectivity index (χ3v) is 3.90. The fourth-order valence-corrected chi connectivity index (χ4v) is 2.86. The number of fused-ring (bicyclic) bond motifs is 1. The van der Waals surface area contributed by atoms with Crippen LogP contribution in [0.25, 0.3) is 5.65 Å². The number of aliphatic hydroxyl groups excluding tert-OH is 1. The van der Waals surface area contributed by atoms with Gasteiger partial charge in [-0.1, -0.05) is 40.9 Å². The second-order valence-electron chi connectivity index (χ2n) is 4.74. The number of aromatic nitrogens is 2. The molecule has 2 aromatic heterocycles. The van der Waals surface area contributed by atoms with Gasteiger partial charge in [0.1, 0.15) is 5.82 Å². The number of halogens is 3. The Balaban J connectivity index is 2.22. The van der Waals surface area contributed by atoms with E-state index in [1.807, 2.05) is 0 Å². The number of hydrogen-bond donors (Lipinski definition) is 2. The van der Waals surface area contributed by atoms with Gasteiger partial charge < -0.3 is 10.4 Å². The number of nitrogens with zero attached hydrogens (tertiary/aromatic N) is 2. The highest BCUT2D eigenvalue weighted by atomic mass is 35.5. The molecule has 0 aliphatic rings. The molecule has 3 aromatic rings. The Labute approximate surface area is 146 Å². The van der Waals surface area contributed by atoms with Gasteiger partial charge in [0.25, 0.3) is 5.56 Å². The number of rotatable bonds is 3. The molecule has 0 atom stereocenters. The van der Waals surface area contributed by atoms with E-state index in [0.717, 1.165) is 0 Å². The third kappa shape index (κ3) is 3.14. The summed E-state index contributed by atoms with van der Waals surface area (Å²) in [6.07, 6.45) is 1.40. The lowest BCUT2D eigenvalue weighted by Crippen LogP contribution is -2.22. The second kappa shape index (κ2) is 6.37. The molecule has 2 heterocycles. The first-order valence-corrected chi connectivity index (χ1v) is 7.66. The summed E-state index contributed by atoms with van der Waals surface area (Å²) in [6, 6.07) is 8.41. The van der Waals surface area contributed by atoms with Crippen LogP contribution in [0.2, 0.25) is 15.1 Å². The third-order valence-electron chi connectivity index (χ3n) is 3.18. The lowest BCUT2D eigenvalue weighted by Gasteiger charge is -2.12. The highest BCUT2D eigenvalue weighted by molar-refractivity contribution is 6.36. The van der Waals surface area contributed by atoms with Gasteiger partial charge in [-0.25, -0.2) is 4.98 Å². The number of benzene rings is 1. The van der Waals surface area contributed by atoms with E-state index < -0.39 is 12.2 Å². The van der Waals surface area contributed by atoms with Crippen molar-refractivity contribution in [2.75, 3.05) is 5.32 Å². The maximum absolute atomic E-state index is 12.5. The van der Waals surface area contributed by atoms with Gasteiger partial charge >= 0.3 is 0 Å². The molecule has 0 bridgehead atoms. The van der Waals surface area contributed by atoms with Crippen LogP contribution in [-0.4, -0.2) is 14.5 Å². The Bertz CT molecular complexity index is 957. The molecule has 2 N–H and O–H groups in total. The fraction of sp³-hybridized carbons (Fsp3) is 0.0667. The number of aliphatic hydroxyl groups is 1. The van der Waals surface area contributed by atoms with Gasteiger partial charge in [0.2, 0.25) is 0 Å². The highest BCUT2D eigenvalue weighted by Gasteiger charge is 2.15. The quantitative estimate of drug-likeness (QED) is 0.734. The van der Waals surface area contributed by atoms with Crippen molar-refractivity contribution in [3.05, 3.63) is 67.5 Å². The number of hydrogen-bond acceptors (Lipinski definition) is 4. The van der Waals surface area contributed by atoms with Crippen LogP contribution in [0.15, 0.2) is 41.3 Å². The Morgan fingerprint density at radius 1 is 1.17 bits per heavy atom. The van der Waals surface area contributed by atoms with Crippen molar-refractivity contribution in [2.24, 2.45) is 0 Å². The topological polar surface area (TPSA) is 66.6 Å². The number of pyridine rings is 1. The van der Waals surface area contributed by atoms with E-state index in [2.05, 4.69) is 10.3 Å². The predicted octanol–water partition coefficient (Wildman–Crippen LogP) is 3.89. The van der Waals surface area contributed by atoms with Crippen LogP contribution in [-0.2, 0) is 6.61 Å². The Hall–Kier alpha value is -1.79. The molecule has 0 saturated heterocycles. The molecule has 23 heavy (non-hydrogen) atoms. The first kappa shape index (κ1) is 16.1. The first-order chi connectivity index (χ1) is 11.0. The van der Waals surface area contributed by atoms with Gasteiger partial charge in [0.05, 0.1) is 22.2 Å². The largest absolute Gasteiger partial charge is 0.391 e. The lowest BCUT2D eigenvalue weighted by molar-refractivity contribution is 0.280. The van der Waals surface area contributed by atoms with Crippen LogP contribution in [0.5, 0.6) is 0 Å². The lowest BCUT2D eigenvalue weighted by atomic mass is 10.2. The summed E-state index contributed by atoms with van der Waals surface area (Å²) in [5.41, 5.74) is 0.517. The van der Waals surface area contributed by atoms with Crippen LogP contribution in [0.1, 0.15) is 5.56 Å². The molecule has 0 radical (unpaired) electrons. The zero-order valence-corrected chi connectivity index (χ0v) is 13.8. The van der Waals surface area contributed by atoms with Gasteiger partial charge in [-0.2, -0.15) is 0 Å². The van der Waals surface area contributed by atoms with Crippen LogP contribution in [0.4, 0.5) is 11.5 Å². The van der Waals surface area contributed by atoms with Crippen molar-refractivity contribution in [2.45, 2.75) is 6.61 Å². The van der Waals surface area contributed by atoms with Crippen molar-refractivity contribution in [3.8, 4) is 0 Å². The molecule has 0 aliphatic carbocycles. The van der Waals surface area contributed by atoms with Crippen LogP contribution >= 0.6 is 34.8 Å². The number of anilines is 2. The molecular weight excluding hydrogens is 361 g/mol. The summed E-state index contributed by atoms with van der Waals surface area (Å²) < 4.78 is 1.21. The highest BCUT2D eigenvalue weighted by Crippen LogP contribution is 2.24. The predicted molar refractivity (Wildman–Crippen MR) is 92.1 cm³/mol. The second-order valence-corrected chi connectivity index (χ2v) is 6.02. The fourth-order valence-electron chi connectivity index (χ4n) is 2.15. The van der Waals surface area contributed by atoms with Gasteiger partial charge in [0.15, 0.2) is 5.65 Å².